The fourth-order valence-corrected chi connectivity index (χ4v) is 2.90. The second-order valence-corrected chi connectivity index (χ2v) is 7.11. The molecule has 2 rings (SSSR count). The fraction of sp³-hybridized carbons (Fsp3) is 0.462. The normalized spacial score (nSPS) is 19.5. The van der Waals surface area contributed by atoms with Crippen LogP contribution in [0.4, 0.5) is 0 Å². The zero-order valence-corrected chi connectivity index (χ0v) is 12.5. The van der Waals surface area contributed by atoms with Crippen LogP contribution >= 0.6 is 15.9 Å². The number of fused-ring (bicyclic) bond motifs is 1. The van der Waals surface area contributed by atoms with Crippen molar-refractivity contribution in [2.24, 2.45) is 4.40 Å². The molecule has 1 atom stereocenters. The second kappa shape index (κ2) is 5.55. The molecule has 0 amide bonds. The van der Waals surface area contributed by atoms with Crippen molar-refractivity contribution in [3.8, 4) is 0 Å². The summed E-state index contributed by atoms with van der Waals surface area (Å²) in [7, 11) is 0. The minimum atomic E-state index is -1.11. The molecular formula is C13H16BrNOS. The van der Waals surface area contributed by atoms with Crippen molar-refractivity contribution < 1.29 is 4.55 Å². The molecule has 0 fully saturated rings. The van der Waals surface area contributed by atoms with Crippen LogP contribution in [0.3, 0.4) is 0 Å². The van der Waals surface area contributed by atoms with Gasteiger partial charge in [-0.05, 0) is 50.8 Å². The second-order valence-electron chi connectivity index (χ2n) is 4.52. The number of benzene rings is 1. The van der Waals surface area contributed by atoms with Crippen LogP contribution in [0.2, 0.25) is 0 Å². The van der Waals surface area contributed by atoms with Gasteiger partial charge in [0.1, 0.15) is 5.25 Å². The van der Waals surface area contributed by atoms with E-state index in [4.69, 9.17) is 0 Å². The molecular weight excluding hydrogens is 298 g/mol. The van der Waals surface area contributed by atoms with Gasteiger partial charge in [-0.3, -0.25) is 0 Å². The molecule has 2 nitrogen and oxygen atoms in total. The van der Waals surface area contributed by atoms with E-state index in [1.807, 2.05) is 13.8 Å². The predicted molar refractivity (Wildman–Crippen MR) is 76.9 cm³/mol. The molecule has 4 heteroatoms. The Morgan fingerprint density at radius 1 is 1.35 bits per heavy atom. The Kier molecular flexibility index (Phi) is 4.28. The summed E-state index contributed by atoms with van der Waals surface area (Å²) in [5, 5.41) is 0.0834. The summed E-state index contributed by atoms with van der Waals surface area (Å²) in [5.74, 6) is 0. The van der Waals surface area contributed by atoms with Gasteiger partial charge < -0.3 is 4.55 Å². The first kappa shape index (κ1) is 13.1. The van der Waals surface area contributed by atoms with E-state index in [0.29, 0.717) is 0 Å². The number of hydrogen-bond donors (Lipinski definition) is 0. The Balaban J connectivity index is 2.37. The average Bonchev–Trinajstić information content (AvgIpc) is 2.29. The first-order valence-corrected chi connectivity index (χ1v) is 7.81. The Hall–Kier alpha value is -0.320. The van der Waals surface area contributed by atoms with Crippen LogP contribution in [0.25, 0.3) is 0 Å². The average molecular weight is 314 g/mol. The SMILES string of the molecule is CC(C)[S@@+]([O-])/N=C1\CCCc2ccc(Br)cc21. The Labute approximate surface area is 114 Å². The highest BCUT2D eigenvalue weighted by molar-refractivity contribution is 9.10. The zero-order chi connectivity index (χ0) is 12.4. The van der Waals surface area contributed by atoms with Crippen LogP contribution in [-0.4, -0.2) is 15.5 Å². The lowest BCUT2D eigenvalue weighted by Gasteiger charge is -2.18. The van der Waals surface area contributed by atoms with Crippen molar-refractivity contribution in [3.63, 3.8) is 0 Å². The van der Waals surface area contributed by atoms with Crippen LogP contribution in [0.5, 0.6) is 0 Å². The summed E-state index contributed by atoms with van der Waals surface area (Å²) >= 11 is 2.37. The molecule has 1 aliphatic carbocycles. The van der Waals surface area contributed by atoms with E-state index in [2.05, 4.69) is 38.5 Å². The van der Waals surface area contributed by atoms with Gasteiger partial charge >= 0.3 is 0 Å². The van der Waals surface area contributed by atoms with Crippen molar-refractivity contribution in [2.75, 3.05) is 0 Å². The number of hydrogen-bond acceptors (Lipinski definition) is 2. The van der Waals surface area contributed by atoms with Gasteiger partial charge in [0.05, 0.1) is 17.1 Å². The zero-order valence-electron chi connectivity index (χ0n) is 10.1. The monoisotopic (exact) mass is 313 g/mol. The molecule has 0 heterocycles. The first-order chi connectivity index (χ1) is 8.08. The van der Waals surface area contributed by atoms with Crippen molar-refractivity contribution >= 4 is 33.0 Å². The third kappa shape index (κ3) is 3.12. The van der Waals surface area contributed by atoms with Gasteiger partial charge in [-0.15, -0.1) is 0 Å². The lowest BCUT2D eigenvalue weighted by molar-refractivity contribution is 0.588. The van der Waals surface area contributed by atoms with Crippen molar-refractivity contribution in [3.05, 3.63) is 33.8 Å². The van der Waals surface area contributed by atoms with Crippen molar-refractivity contribution in [1.82, 2.24) is 0 Å². The molecule has 0 radical (unpaired) electrons. The quantitative estimate of drug-likeness (QED) is 0.768. The molecule has 0 unspecified atom stereocenters. The summed E-state index contributed by atoms with van der Waals surface area (Å²) < 4.78 is 17.3. The molecule has 0 N–H and O–H groups in total. The van der Waals surface area contributed by atoms with Crippen LogP contribution in [-0.2, 0) is 17.8 Å². The third-order valence-corrected chi connectivity index (χ3v) is 4.55. The van der Waals surface area contributed by atoms with Crippen LogP contribution in [0.1, 0.15) is 37.8 Å². The van der Waals surface area contributed by atoms with Crippen LogP contribution < -0.4 is 0 Å². The summed E-state index contributed by atoms with van der Waals surface area (Å²) in [6.07, 6.45) is 3.13. The maximum absolute atomic E-state index is 11.8. The highest BCUT2D eigenvalue weighted by Gasteiger charge is 2.20. The number of halogens is 1. The predicted octanol–water partition coefficient (Wildman–Crippen LogP) is 3.65. The molecule has 1 aromatic rings. The number of nitrogens with zero attached hydrogens (tertiary/aromatic N) is 1. The largest absolute Gasteiger partial charge is 0.591 e. The van der Waals surface area contributed by atoms with E-state index in [-0.39, 0.29) is 5.25 Å². The summed E-state index contributed by atoms with van der Waals surface area (Å²) in [6.45, 7) is 3.87. The number of rotatable bonds is 2. The van der Waals surface area contributed by atoms with E-state index in [1.54, 1.807) is 0 Å². The van der Waals surface area contributed by atoms with Gasteiger partial charge in [0.25, 0.3) is 0 Å². The molecule has 0 saturated carbocycles. The molecule has 0 aliphatic heterocycles. The van der Waals surface area contributed by atoms with Gasteiger partial charge in [0.15, 0.2) is 0 Å². The minimum absolute atomic E-state index is 0.0834. The molecule has 17 heavy (non-hydrogen) atoms. The maximum Gasteiger partial charge on any atom is 0.137 e. The molecule has 1 aliphatic rings. The highest BCUT2D eigenvalue weighted by Crippen LogP contribution is 2.26. The van der Waals surface area contributed by atoms with Gasteiger partial charge in [-0.1, -0.05) is 26.4 Å². The molecule has 0 bridgehead atoms. The van der Waals surface area contributed by atoms with E-state index in [9.17, 15) is 4.55 Å². The molecule has 0 aromatic heterocycles. The van der Waals surface area contributed by atoms with E-state index in [1.165, 1.54) is 11.1 Å². The number of aryl methyl sites for hydroxylation is 1. The van der Waals surface area contributed by atoms with Gasteiger partial charge in [0, 0.05) is 10.0 Å². The fourth-order valence-electron chi connectivity index (χ4n) is 1.93. The van der Waals surface area contributed by atoms with E-state index < -0.39 is 11.4 Å². The van der Waals surface area contributed by atoms with Gasteiger partial charge in [-0.2, -0.15) is 0 Å². The van der Waals surface area contributed by atoms with Crippen LogP contribution in [0, 0.1) is 0 Å². The molecule has 0 saturated heterocycles. The lowest BCUT2D eigenvalue weighted by Crippen LogP contribution is -2.18. The standard InChI is InChI=1S/C13H16BrNOS/c1-9(2)17(16)15-13-5-3-4-10-6-7-11(14)8-12(10)13/h6-9H,3-5H2,1-2H3/b15-13+/t17-/m1/s1. The highest BCUT2D eigenvalue weighted by atomic mass is 79.9. The smallest absolute Gasteiger partial charge is 0.137 e. The Morgan fingerprint density at radius 2 is 2.12 bits per heavy atom. The van der Waals surface area contributed by atoms with Crippen LogP contribution in [0.15, 0.2) is 27.1 Å². The summed E-state index contributed by atoms with van der Waals surface area (Å²) in [4.78, 5) is 0. The first-order valence-electron chi connectivity index (χ1n) is 5.85. The minimum Gasteiger partial charge on any atom is -0.591 e. The Bertz CT molecular complexity index is 445. The summed E-state index contributed by atoms with van der Waals surface area (Å²) in [5.41, 5.74) is 3.48. The third-order valence-electron chi connectivity index (χ3n) is 2.85. The Morgan fingerprint density at radius 3 is 2.82 bits per heavy atom. The van der Waals surface area contributed by atoms with Gasteiger partial charge in [-0.25, -0.2) is 0 Å². The maximum atomic E-state index is 11.8. The van der Waals surface area contributed by atoms with E-state index in [0.717, 1.165) is 29.4 Å². The van der Waals surface area contributed by atoms with E-state index >= 15 is 0 Å². The molecule has 0 spiro atoms. The lowest BCUT2D eigenvalue weighted by atomic mass is 9.90. The van der Waals surface area contributed by atoms with Crippen molar-refractivity contribution in [2.45, 2.75) is 38.4 Å². The van der Waals surface area contributed by atoms with Gasteiger partial charge in [0.2, 0.25) is 0 Å². The molecule has 1 aromatic carbocycles. The topological polar surface area (TPSA) is 35.4 Å². The summed E-state index contributed by atoms with van der Waals surface area (Å²) in [6, 6.07) is 6.28. The molecule has 92 valence electrons. The van der Waals surface area contributed by atoms with Crippen molar-refractivity contribution in [1.29, 1.82) is 0 Å².